The molecule has 0 aromatic carbocycles. The molecule has 1 saturated heterocycles. The fourth-order valence-corrected chi connectivity index (χ4v) is 4.52. The number of pyridine rings is 3. The number of amides is 1. The van der Waals surface area contributed by atoms with Gasteiger partial charge in [-0.15, -0.1) is 0 Å². The van der Waals surface area contributed by atoms with Gasteiger partial charge in [0.05, 0.1) is 29.2 Å². The Morgan fingerprint density at radius 3 is 2.62 bits per heavy atom. The summed E-state index contributed by atoms with van der Waals surface area (Å²) >= 11 is 6.38. The standard InChI is InChI=1S/C27H24ClF2N7O3/c1-14-9-33-20(19-4-5-32-27(35-19)36-11-16(12-36)25(38)31-3)8-22(14)37-15(2)6-23(24(28)26(37)39)40-13-21-18(30)7-17(29)10-34-21/h4-10,16H,11-13H2,1-3H3,(H,31,38). The number of rotatable bonds is 7. The topological polar surface area (TPSA) is 115 Å². The Morgan fingerprint density at radius 2 is 1.90 bits per heavy atom. The number of carbonyl (C=O) groups excluding carboxylic acids is 1. The molecule has 0 atom stereocenters. The summed E-state index contributed by atoms with van der Waals surface area (Å²) in [5.74, 6) is -1.28. The SMILES string of the molecule is CNC(=O)C1CN(c2nccc(-c3cc(-n4c(C)cc(OCc5ncc(F)cc5F)c(Cl)c4=O)c(C)cn3)n2)C1. The Labute approximate surface area is 232 Å². The van der Waals surface area contributed by atoms with Crippen LogP contribution in [0.3, 0.4) is 0 Å². The molecule has 1 amide bonds. The average Bonchev–Trinajstić information content (AvgIpc) is 2.91. The van der Waals surface area contributed by atoms with Crippen LogP contribution in [0.1, 0.15) is 17.0 Å². The van der Waals surface area contributed by atoms with E-state index in [2.05, 4.69) is 25.3 Å². The third kappa shape index (κ3) is 5.22. The van der Waals surface area contributed by atoms with E-state index in [1.54, 1.807) is 44.6 Å². The van der Waals surface area contributed by atoms with Crippen LogP contribution in [0.25, 0.3) is 17.1 Å². The van der Waals surface area contributed by atoms with Gasteiger partial charge < -0.3 is 15.0 Å². The molecule has 1 fully saturated rings. The molecule has 5 heterocycles. The first kappa shape index (κ1) is 27.1. The highest BCUT2D eigenvalue weighted by molar-refractivity contribution is 6.31. The van der Waals surface area contributed by atoms with Crippen LogP contribution < -0.4 is 20.5 Å². The molecule has 40 heavy (non-hydrogen) atoms. The highest BCUT2D eigenvalue weighted by Crippen LogP contribution is 2.28. The van der Waals surface area contributed by atoms with Gasteiger partial charge in [-0.25, -0.2) is 18.7 Å². The van der Waals surface area contributed by atoms with E-state index in [4.69, 9.17) is 16.3 Å². The fourth-order valence-electron chi connectivity index (χ4n) is 4.33. The number of halogens is 3. The Hall–Kier alpha value is -4.45. The lowest BCUT2D eigenvalue weighted by Crippen LogP contribution is -2.53. The molecule has 0 radical (unpaired) electrons. The van der Waals surface area contributed by atoms with Crippen molar-refractivity contribution < 1.29 is 18.3 Å². The van der Waals surface area contributed by atoms with Crippen LogP contribution in [0.15, 0.2) is 47.7 Å². The molecule has 4 aromatic rings. The predicted molar refractivity (Wildman–Crippen MR) is 144 cm³/mol. The van der Waals surface area contributed by atoms with Gasteiger partial charge in [-0.2, -0.15) is 0 Å². The van der Waals surface area contributed by atoms with E-state index >= 15 is 0 Å². The first-order valence-corrected chi connectivity index (χ1v) is 12.7. The van der Waals surface area contributed by atoms with Crippen molar-refractivity contribution in [1.82, 2.24) is 29.8 Å². The number of ether oxygens (including phenoxy) is 1. The Kier molecular flexibility index (Phi) is 7.44. The van der Waals surface area contributed by atoms with Crippen LogP contribution in [-0.4, -0.2) is 50.5 Å². The molecule has 0 spiro atoms. The Morgan fingerprint density at radius 1 is 1.12 bits per heavy atom. The van der Waals surface area contributed by atoms with Gasteiger partial charge in [0.15, 0.2) is 5.82 Å². The lowest BCUT2D eigenvalue weighted by molar-refractivity contribution is -0.125. The van der Waals surface area contributed by atoms with E-state index in [-0.39, 0.29) is 34.9 Å². The number of nitrogens with zero attached hydrogens (tertiary/aromatic N) is 6. The van der Waals surface area contributed by atoms with Gasteiger partial charge in [0.2, 0.25) is 11.9 Å². The van der Waals surface area contributed by atoms with Crippen molar-refractivity contribution in [3.05, 3.63) is 86.8 Å². The molecular weight excluding hydrogens is 544 g/mol. The first-order chi connectivity index (χ1) is 19.2. The van der Waals surface area contributed by atoms with E-state index < -0.39 is 17.2 Å². The number of aryl methyl sites for hydroxylation is 2. The smallest absolute Gasteiger partial charge is 0.277 e. The van der Waals surface area contributed by atoms with Gasteiger partial charge in [0, 0.05) is 50.4 Å². The summed E-state index contributed by atoms with van der Waals surface area (Å²) in [6, 6.07) is 5.70. The summed E-state index contributed by atoms with van der Waals surface area (Å²) < 4.78 is 34.1. The molecule has 1 aliphatic rings. The monoisotopic (exact) mass is 567 g/mol. The quantitative estimate of drug-likeness (QED) is 0.361. The average molecular weight is 568 g/mol. The summed E-state index contributed by atoms with van der Waals surface area (Å²) in [5.41, 5.74) is 2.13. The van der Waals surface area contributed by atoms with Crippen molar-refractivity contribution in [2.75, 3.05) is 25.0 Å². The molecule has 0 saturated carbocycles. The predicted octanol–water partition coefficient (Wildman–Crippen LogP) is 3.39. The molecule has 1 N–H and O–H groups in total. The Balaban J connectivity index is 1.43. The fraction of sp³-hybridized carbons (Fsp3) is 0.259. The zero-order valence-electron chi connectivity index (χ0n) is 21.8. The van der Waals surface area contributed by atoms with Gasteiger partial charge in [-0.05, 0) is 31.5 Å². The van der Waals surface area contributed by atoms with Crippen LogP contribution in [0.5, 0.6) is 5.75 Å². The summed E-state index contributed by atoms with van der Waals surface area (Å²) in [6.07, 6.45) is 4.12. The number of anilines is 1. The maximum absolute atomic E-state index is 14.0. The summed E-state index contributed by atoms with van der Waals surface area (Å²) in [5, 5.41) is 2.44. The van der Waals surface area contributed by atoms with E-state index in [1.165, 1.54) is 4.57 Å². The van der Waals surface area contributed by atoms with Crippen molar-refractivity contribution in [3.63, 3.8) is 0 Å². The molecule has 5 rings (SSSR count). The third-order valence-corrected chi connectivity index (χ3v) is 6.90. The largest absolute Gasteiger partial charge is 0.485 e. The summed E-state index contributed by atoms with van der Waals surface area (Å²) in [7, 11) is 1.61. The Bertz CT molecular complexity index is 1670. The lowest BCUT2D eigenvalue weighted by Gasteiger charge is -2.37. The van der Waals surface area contributed by atoms with Gasteiger partial charge >= 0.3 is 0 Å². The number of carbonyl (C=O) groups is 1. The second kappa shape index (κ2) is 11.0. The third-order valence-electron chi connectivity index (χ3n) is 6.55. The molecule has 4 aromatic heterocycles. The van der Waals surface area contributed by atoms with Gasteiger partial charge in [-0.3, -0.25) is 24.1 Å². The maximum atomic E-state index is 14.0. The molecule has 13 heteroatoms. The second-order valence-corrected chi connectivity index (χ2v) is 9.67. The molecular formula is C27H24ClF2N7O3. The van der Waals surface area contributed by atoms with E-state index in [0.29, 0.717) is 53.4 Å². The van der Waals surface area contributed by atoms with Gasteiger partial charge in [-0.1, -0.05) is 11.6 Å². The van der Waals surface area contributed by atoms with E-state index in [1.807, 2.05) is 11.8 Å². The number of hydrogen-bond donors (Lipinski definition) is 1. The molecule has 0 unspecified atom stereocenters. The molecule has 10 nitrogen and oxygen atoms in total. The van der Waals surface area contributed by atoms with Crippen molar-refractivity contribution in [3.8, 4) is 22.8 Å². The first-order valence-electron chi connectivity index (χ1n) is 12.3. The molecule has 0 aliphatic carbocycles. The minimum atomic E-state index is -0.866. The van der Waals surface area contributed by atoms with Crippen LogP contribution in [0, 0.1) is 31.4 Å². The van der Waals surface area contributed by atoms with Crippen LogP contribution >= 0.6 is 11.6 Å². The van der Waals surface area contributed by atoms with Gasteiger partial charge in [0.25, 0.3) is 5.56 Å². The molecule has 1 aliphatic heterocycles. The van der Waals surface area contributed by atoms with Crippen LogP contribution in [-0.2, 0) is 11.4 Å². The normalized spacial score (nSPS) is 13.2. The van der Waals surface area contributed by atoms with E-state index in [0.717, 1.165) is 6.20 Å². The van der Waals surface area contributed by atoms with Crippen LogP contribution in [0.4, 0.5) is 14.7 Å². The minimum Gasteiger partial charge on any atom is -0.485 e. The minimum absolute atomic E-state index is 0.0209. The number of aromatic nitrogens is 5. The number of nitrogens with one attached hydrogen (secondary N) is 1. The summed E-state index contributed by atoms with van der Waals surface area (Å²) in [4.78, 5) is 44.2. The van der Waals surface area contributed by atoms with Crippen molar-refractivity contribution in [2.45, 2.75) is 20.5 Å². The van der Waals surface area contributed by atoms with Crippen LogP contribution in [0.2, 0.25) is 5.02 Å². The molecule has 206 valence electrons. The lowest BCUT2D eigenvalue weighted by atomic mass is 10.00. The van der Waals surface area contributed by atoms with Crippen molar-refractivity contribution >= 4 is 23.5 Å². The zero-order valence-corrected chi connectivity index (χ0v) is 22.5. The highest BCUT2D eigenvalue weighted by atomic mass is 35.5. The summed E-state index contributed by atoms with van der Waals surface area (Å²) in [6.45, 7) is 4.20. The van der Waals surface area contributed by atoms with Gasteiger partial charge in [0.1, 0.15) is 28.9 Å². The number of hydrogen-bond acceptors (Lipinski definition) is 8. The van der Waals surface area contributed by atoms with Crippen molar-refractivity contribution in [2.24, 2.45) is 5.92 Å². The second-order valence-electron chi connectivity index (χ2n) is 9.29. The zero-order chi connectivity index (χ0) is 28.6. The van der Waals surface area contributed by atoms with Crippen molar-refractivity contribution in [1.29, 1.82) is 0 Å². The van der Waals surface area contributed by atoms with E-state index in [9.17, 15) is 18.4 Å². The highest BCUT2D eigenvalue weighted by Gasteiger charge is 2.33. The maximum Gasteiger partial charge on any atom is 0.277 e. The molecule has 0 bridgehead atoms.